The molecule has 0 unspecified atom stereocenters. The van der Waals surface area contributed by atoms with E-state index in [2.05, 4.69) is 31.0 Å². The summed E-state index contributed by atoms with van der Waals surface area (Å²) in [5, 5.41) is 0. The Morgan fingerprint density at radius 2 is 2.18 bits per heavy atom. The maximum absolute atomic E-state index is 4.30. The largest absolute Gasteiger partial charge is 0.260 e. The van der Waals surface area contributed by atoms with Crippen molar-refractivity contribution < 1.29 is 0 Å². The monoisotopic (exact) mass is 145 g/mol. The van der Waals surface area contributed by atoms with Crippen molar-refractivity contribution in [1.82, 2.24) is 0 Å². The molecule has 0 atom stereocenters. The molecule has 0 saturated carbocycles. The molecule has 0 amide bonds. The molecular formula is C10H11N. The molecule has 0 aromatic rings. The maximum atomic E-state index is 4.30. The van der Waals surface area contributed by atoms with Crippen molar-refractivity contribution >= 4 is 5.71 Å². The summed E-state index contributed by atoms with van der Waals surface area (Å²) in [5.74, 6) is 0. The molecule has 56 valence electrons. The van der Waals surface area contributed by atoms with Crippen LogP contribution in [0.25, 0.3) is 0 Å². The van der Waals surface area contributed by atoms with E-state index in [-0.39, 0.29) is 0 Å². The van der Waals surface area contributed by atoms with Gasteiger partial charge in [-0.15, -0.1) is 0 Å². The van der Waals surface area contributed by atoms with Crippen LogP contribution in [0.1, 0.15) is 20.3 Å². The van der Waals surface area contributed by atoms with E-state index >= 15 is 0 Å². The number of aliphatic imine (C=N–C) groups is 1. The van der Waals surface area contributed by atoms with E-state index in [1.165, 1.54) is 22.4 Å². The zero-order valence-electron chi connectivity index (χ0n) is 6.89. The summed E-state index contributed by atoms with van der Waals surface area (Å²) in [6, 6.07) is 0. The van der Waals surface area contributed by atoms with Crippen molar-refractivity contribution in [3.05, 3.63) is 35.1 Å². The molecule has 0 aromatic heterocycles. The molecule has 11 heavy (non-hydrogen) atoms. The van der Waals surface area contributed by atoms with Gasteiger partial charge in [0.2, 0.25) is 0 Å². The molecule has 0 aromatic carbocycles. The molecule has 0 N–H and O–H groups in total. The molecule has 0 fully saturated rings. The van der Waals surface area contributed by atoms with E-state index in [1.54, 1.807) is 0 Å². The van der Waals surface area contributed by atoms with Crippen LogP contribution in [0, 0.1) is 0 Å². The number of rotatable bonds is 0. The number of hydrogen-bond acceptors (Lipinski definition) is 1. The number of fused-ring (bicyclic) bond motifs is 1. The van der Waals surface area contributed by atoms with E-state index in [0.717, 1.165) is 6.42 Å². The summed E-state index contributed by atoms with van der Waals surface area (Å²) in [4.78, 5) is 4.30. The minimum atomic E-state index is 1.03. The van der Waals surface area contributed by atoms with Gasteiger partial charge in [0.1, 0.15) is 0 Å². The van der Waals surface area contributed by atoms with Crippen molar-refractivity contribution in [2.45, 2.75) is 20.3 Å². The highest BCUT2D eigenvalue weighted by molar-refractivity contribution is 6.07. The Balaban J connectivity index is 2.51. The van der Waals surface area contributed by atoms with Crippen LogP contribution in [0.5, 0.6) is 0 Å². The molecule has 0 saturated heterocycles. The van der Waals surface area contributed by atoms with Gasteiger partial charge in [0.25, 0.3) is 0 Å². The molecule has 0 bridgehead atoms. The second-order valence-electron chi connectivity index (χ2n) is 3.16. The van der Waals surface area contributed by atoms with E-state index in [0.29, 0.717) is 0 Å². The first kappa shape index (κ1) is 6.59. The first-order valence-electron chi connectivity index (χ1n) is 3.89. The van der Waals surface area contributed by atoms with Gasteiger partial charge in [0.15, 0.2) is 0 Å². The molecule has 1 heterocycles. The van der Waals surface area contributed by atoms with Crippen molar-refractivity contribution in [3.8, 4) is 0 Å². The quantitative estimate of drug-likeness (QED) is 0.497. The van der Waals surface area contributed by atoms with Crippen molar-refractivity contribution in [3.63, 3.8) is 0 Å². The van der Waals surface area contributed by atoms with Gasteiger partial charge in [-0.3, -0.25) is 4.99 Å². The van der Waals surface area contributed by atoms with Crippen LogP contribution in [0.3, 0.4) is 0 Å². The van der Waals surface area contributed by atoms with Crippen LogP contribution < -0.4 is 0 Å². The average Bonchev–Trinajstić information content (AvgIpc) is 2.34. The molecule has 2 aliphatic rings. The third-order valence-electron chi connectivity index (χ3n) is 2.12. The summed E-state index contributed by atoms with van der Waals surface area (Å²) in [5.41, 5.74) is 5.33. The van der Waals surface area contributed by atoms with Crippen molar-refractivity contribution in [2.75, 3.05) is 0 Å². The molecule has 1 aliphatic heterocycles. The smallest absolute Gasteiger partial charge is 0.0519 e. The molecule has 1 aliphatic carbocycles. The van der Waals surface area contributed by atoms with Crippen LogP contribution in [0.15, 0.2) is 40.1 Å². The Morgan fingerprint density at radius 3 is 3.00 bits per heavy atom. The lowest BCUT2D eigenvalue weighted by Gasteiger charge is -2.12. The molecule has 1 nitrogen and oxygen atoms in total. The van der Waals surface area contributed by atoms with Gasteiger partial charge < -0.3 is 0 Å². The number of hydrogen-bond donors (Lipinski definition) is 0. The Morgan fingerprint density at radius 1 is 1.36 bits per heavy atom. The lowest BCUT2D eigenvalue weighted by atomic mass is 9.93. The highest BCUT2D eigenvalue weighted by atomic mass is 14.7. The molecule has 0 spiro atoms. The third-order valence-corrected chi connectivity index (χ3v) is 2.12. The van der Waals surface area contributed by atoms with Crippen LogP contribution in [-0.4, -0.2) is 5.71 Å². The van der Waals surface area contributed by atoms with Gasteiger partial charge >= 0.3 is 0 Å². The van der Waals surface area contributed by atoms with Gasteiger partial charge in [0, 0.05) is 18.2 Å². The van der Waals surface area contributed by atoms with Crippen LogP contribution in [0.4, 0.5) is 0 Å². The lowest BCUT2D eigenvalue weighted by Crippen LogP contribution is -2.05. The van der Waals surface area contributed by atoms with Crippen LogP contribution in [-0.2, 0) is 0 Å². The summed E-state index contributed by atoms with van der Waals surface area (Å²) in [7, 11) is 0. The number of nitrogens with zero attached hydrogens (tertiary/aromatic N) is 1. The van der Waals surface area contributed by atoms with Gasteiger partial charge in [-0.25, -0.2) is 0 Å². The molecule has 2 rings (SSSR count). The summed E-state index contributed by atoms with van der Waals surface area (Å²) in [6.45, 7) is 4.30. The summed E-state index contributed by atoms with van der Waals surface area (Å²) in [6.07, 6.45) is 7.25. The van der Waals surface area contributed by atoms with Gasteiger partial charge in [-0.2, -0.15) is 0 Å². The average molecular weight is 145 g/mol. The summed E-state index contributed by atoms with van der Waals surface area (Å²) < 4.78 is 0. The number of allylic oxidation sites excluding steroid dienone is 5. The van der Waals surface area contributed by atoms with E-state index in [1.807, 2.05) is 6.20 Å². The second-order valence-corrected chi connectivity index (χ2v) is 3.16. The summed E-state index contributed by atoms with van der Waals surface area (Å²) >= 11 is 0. The third kappa shape index (κ3) is 0.967. The normalized spacial score (nSPS) is 21.6. The first-order chi connectivity index (χ1) is 5.27. The zero-order valence-corrected chi connectivity index (χ0v) is 6.89. The lowest BCUT2D eigenvalue weighted by molar-refractivity contribution is 1.21. The molecule has 0 radical (unpaired) electrons. The van der Waals surface area contributed by atoms with E-state index < -0.39 is 0 Å². The Labute approximate surface area is 66.8 Å². The van der Waals surface area contributed by atoms with Crippen LogP contribution >= 0.6 is 0 Å². The molecular weight excluding hydrogens is 134 g/mol. The minimum absolute atomic E-state index is 1.03. The highest BCUT2D eigenvalue weighted by Gasteiger charge is 2.15. The fourth-order valence-corrected chi connectivity index (χ4v) is 1.63. The predicted octanol–water partition coefficient (Wildman–Crippen LogP) is 2.62. The van der Waals surface area contributed by atoms with Crippen LogP contribution in [0.2, 0.25) is 0 Å². The Kier molecular flexibility index (Phi) is 1.31. The fourth-order valence-electron chi connectivity index (χ4n) is 1.63. The van der Waals surface area contributed by atoms with Crippen molar-refractivity contribution in [2.24, 2.45) is 4.99 Å². The van der Waals surface area contributed by atoms with E-state index in [9.17, 15) is 0 Å². The fraction of sp³-hybridized carbons (Fsp3) is 0.300. The standard InChI is InChI=1S/C10H11N/c1-7-5-8(2)9-3-4-11-10(9)6-7/h3-5H,6H2,1-2H3. The van der Waals surface area contributed by atoms with Crippen molar-refractivity contribution in [1.29, 1.82) is 0 Å². The molecule has 1 heteroatoms. The zero-order chi connectivity index (χ0) is 7.84. The Bertz CT molecular complexity index is 314. The minimum Gasteiger partial charge on any atom is -0.260 e. The predicted molar refractivity (Wildman–Crippen MR) is 47.6 cm³/mol. The highest BCUT2D eigenvalue weighted by Crippen LogP contribution is 2.25. The maximum Gasteiger partial charge on any atom is 0.0519 e. The first-order valence-corrected chi connectivity index (χ1v) is 3.89. The SMILES string of the molecule is CC1=CC(C)=C2C=CN=C2C1. The Hall–Kier alpha value is -1.11. The second kappa shape index (κ2) is 2.19. The van der Waals surface area contributed by atoms with E-state index in [4.69, 9.17) is 0 Å². The van der Waals surface area contributed by atoms with Gasteiger partial charge in [-0.1, -0.05) is 11.6 Å². The van der Waals surface area contributed by atoms with Gasteiger partial charge in [0.05, 0.1) is 5.71 Å². The topological polar surface area (TPSA) is 12.4 Å². The van der Waals surface area contributed by atoms with Gasteiger partial charge in [-0.05, 0) is 25.5 Å².